The average Bonchev–Trinajstić information content (AvgIpc) is 2.51. The molecule has 0 bridgehead atoms. The molecule has 0 unspecified atom stereocenters. The van der Waals surface area contributed by atoms with Crippen LogP contribution in [0, 0.1) is 23.3 Å². The van der Waals surface area contributed by atoms with Gasteiger partial charge in [0.1, 0.15) is 8.07 Å². The molecule has 0 heterocycles. The van der Waals surface area contributed by atoms with Crippen molar-refractivity contribution in [3.63, 3.8) is 0 Å². The fraction of sp³-hybridized carbons (Fsp3) is 0.150. The van der Waals surface area contributed by atoms with E-state index in [2.05, 4.69) is 42.9 Å². The normalized spacial score (nSPS) is 9.95. The zero-order valence-electron chi connectivity index (χ0n) is 13.1. The van der Waals surface area contributed by atoms with E-state index in [4.69, 9.17) is 0 Å². The van der Waals surface area contributed by atoms with E-state index in [-0.39, 0.29) is 5.78 Å². The Morgan fingerprint density at radius 2 is 1.41 bits per heavy atom. The van der Waals surface area contributed by atoms with E-state index >= 15 is 0 Å². The molecule has 2 heteroatoms. The monoisotopic (exact) mass is 302 g/mol. The molecule has 0 aromatic heterocycles. The molecule has 0 N–H and O–H groups in total. The molecule has 0 amide bonds. The molecular weight excluding hydrogens is 284 g/mol. The molecule has 0 aliphatic carbocycles. The van der Waals surface area contributed by atoms with Crippen molar-refractivity contribution >= 4 is 13.9 Å². The first-order chi connectivity index (χ1) is 10.5. The Labute approximate surface area is 133 Å². The summed E-state index contributed by atoms with van der Waals surface area (Å²) >= 11 is 0. The summed E-state index contributed by atoms with van der Waals surface area (Å²) < 4.78 is 0. The number of rotatable bonds is 2. The van der Waals surface area contributed by atoms with Gasteiger partial charge in [-0.25, -0.2) is 0 Å². The molecular formula is C20H18OSi. The number of carbonyl (C=O) groups excluding carboxylic acids is 1. The molecule has 0 aliphatic heterocycles. The predicted octanol–water partition coefficient (Wildman–Crippen LogP) is 4.15. The second-order valence-corrected chi connectivity index (χ2v) is 10.8. The van der Waals surface area contributed by atoms with Crippen molar-refractivity contribution in [2.24, 2.45) is 0 Å². The van der Waals surface area contributed by atoms with Crippen LogP contribution in [0.25, 0.3) is 0 Å². The molecule has 2 aromatic carbocycles. The molecule has 0 fully saturated rings. The smallest absolute Gasteiger partial charge is 0.193 e. The number of hydrogen-bond donors (Lipinski definition) is 0. The Hall–Kier alpha value is -2.55. The van der Waals surface area contributed by atoms with Crippen molar-refractivity contribution in [2.45, 2.75) is 19.6 Å². The number of carbonyl (C=O) groups is 1. The Kier molecular flexibility index (Phi) is 4.99. The van der Waals surface area contributed by atoms with E-state index in [0.29, 0.717) is 11.1 Å². The Bertz CT molecular complexity index is 773. The lowest BCUT2D eigenvalue weighted by molar-refractivity contribution is 0.103. The molecule has 0 aliphatic rings. The van der Waals surface area contributed by atoms with Gasteiger partial charge in [0.25, 0.3) is 0 Å². The molecule has 0 saturated carbocycles. The Morgan fingerprint density at radius 3 is 2.00 bits per heavy atom. The van der Waals surface area contributed by atoms with Crippen LogP contribution in [-0.2, 0) is 0 Å². The highest BCUT2D eigenvalue weighted by atomic mass is 28.3. The number of benzene rings is 2. The Morgan fingerprint density at radius 1 is 0.818 bits per heavy atom. The van der Waals surface area contributed by atoms with Gasteiger partial charge in [-0.1, -0.05) is 55.9 Å². The van der Waals surface area contributed by atoms with E-state index in [1.807, 2.05) is 54.6 Å². The second kappa shape index (κ2) is 6.94. The lowest BCUT2D eigenvalue weighted by Gasteiger charge is -2.01. The van der Waals surface area contributed by atoms with Crippen molar-refractivity contribution in [2.75, 3.05) is 0 Å². The highest BCUT2D eigenvalue weighted by molar-refractivity contribution is 6.83. The maximum atomic E-state index is 12.3. The SMILES string of the molecule is C[Si](C)(C)C#CC#Cc1ccc(C(=O)c2ccccc2)cc1. The first kappa shape index (κ1) is 15.8. The summed E-state index contributed by atoms with van der Waals surface area (Å²) in [6, 6.07) is 16.6. The molecule has 0 radical (unpaired) electrons. The maximum absolute atomic E-state index is 12.3. The summed E-state index contributed by atoms with van der Waals surface area (Å²) in [5.41, 5.74) is 5.44. The zero-order valence-corrected chi connectivity index (χ0v) is 14.1. The third-order valence-corrected chi connectivity index (χ3v) is 3.76. The first-order valence-corrected chi connectivity index (χ1v) is 10.7. The molecule has 0 saturated heterocycles. The molecule has 0 spiro atoms. The minimum absolute atomic E-state index is 0.0265. The van der Waals surface area contributed by atoms with E-state index in [1.54, 1.807) is 0 Å². The van der Waals surface area contributed by atoms with Crippen LogP contribution >= 0.6 is 0 Å². The molecule has 1 nitrogen and oxygen atoms in total. The largest absolute Gasteiger partial charge is 0.289 e. The van der Waals surface area contributed by atoms with Gasteiger partial charge in [0.2, 0.25) is 0 Å². The van der Waals surface area contributed by atoms with E-state index < -0.39 is 8.07 Å². The van der Waals surface area contributed by atoms with Crippen LogP contribution in [-0.4, -0.2) is 13.9 Å². The van der Waals surface area contributed by atoms with Crippen LogP contribution < -0.4 is 0 Å². The summed E-state index contributed by atoms with van der Waals surface area (Å²) in [7, 11) is -1.37. The lowest BCUT2D eigenvalue weighted by Crippen LogP contribution is -2.16. The van der Waals surface area contributed by atoms with Gasteiger partial charge in [-0.05, 0) is 36.1 Å². The highest BCUT2D eigenvalue weighted by Crippen LogP contribution is 2.10. The van der Waals surface area contributed by atoms with Crippen molar-refractivity contribution in [3.05, 3.63) is 71.3 Å². The van der Waals surface area contributed by atoms with Gasteiger partial charge in [-0.3, -0.25) is 4.79 Å². The van der Waals surface area contributed by atoms with Crippen molar-refractivity contribution < 1.29 is 4.79 Å². The van der Waals surface area contributed by atoms with Gasteiger partial charge >= 0.3 is 0 Å². The summed E-state index contributed by atoms with van der Waals surface area (Å²) in [5.74, 6) is 8.83. The summed E-state index contributed by atoms with van der Waals surface area (Å²) in [6.45, 7) is 6.56. The minimum atomic E-state index is -1.37. The molecule has 2 aromatic rings. The topological polar surface area (TPSA) is 17.1 Å². The molecule has 22 heavy (non-hydrogen) atoms. The minimum Gasteiger partial charge on any atom is -0.289 e. The van der Waals surface area contributed by atoms with E-state index in [0.717, 1.165) is 5.56 Å². The number of ketones is 1. The van der Waals surface area contributed by atoms with Gasteiger partial charge in [0.05, 0.1) is 0 Å². The van der Waals surface area contributed by atoms with Crippen molar-refractivity contribution in [3.8, 4) is 23.3 Å². The molecule has 2 rings (SSSR count). The Balaban J connectivity index is 2.13. The van der Waals surface area contributed by atoms with Gasteiger partial charge < -0.3 is 0 Å². The molecule has 0 atom stereocenters. The van der Waals surface area contributed by atoms with Crippen LogP contribution in [0.1, 0.15) is 21.5 Å². The summed E-state index contributed by atoms with van der Waals surface area (Å²) in [4.78, 5) is 12.3. The van der Waals surface area contributed by atoms with Gasteiger partial charge in [-0.15, -0.1) is 5.54 Å². The van der Waals surface area contributed by atoms with E-state index in [1.165, 1.54) is 0 Å². The third kappa shape index (κ3) is 4.77. The lowest BCUT2D eigenvalue weighted by atomic mass is 10.0. The van der Waals surface area contributed by atoms with Crippen molar-refractivity contribution in [1.82, 2.24) is 0 Å². The fourth-order valence-electron chi connectivity index (χ4n) is 1.78. The number of hydrogen-bond acceptors (Lipinski definition) is 1. The first-order valence-electron chi connectivity index (χ1n) is 7.19. The maximum Gasteiger partial charge on any atom is 0.193 e. The predicted molar refractivity (Wildman–Crippen MR) is 94.3 cm³/mol. The summed E-state index contributed by atoms with van der Waals surface area (Å²) in [5, 5.41) is 0. The average molecular weight is 302 g/mol. The van der Waals surface area contributed by atoms with Gasteiger partial charge in [-0.2, -0.15) is 0 Å². The van der Waals surface area contributed by atoms with Crippen LogP contribution in [0.15, 0.2) is 54.6 Å². The quantitative estimate of drug-likeness (QED) is 0.463. The van der Waals surface area contributed by atoms with Crippen LogP contribution in [0.2, 0.25) is 19.6 Å². The van der Waals surface area contributed by atoms with E-state index in [9.17, 15) is 4.79 Å². The second-order valence-electron chi connectivity index (χ2n) is 6.02. The summed E-state index contributed by atoms with van der Waals surface area (Å²) in [6.07, 6.45) is 0. The van der Waals surface area contributed by atoms with Gasteiger partial charge in [0, 0.05) is 16.7 Å². The van der Waals surface area contributed by atoms with Crippen LogP contribution in [0.5, 0.6) is 0 Å². The van der Waals surface area contributed by atoms with Crippen LogP contribution in [0.3, 0.4) is 0 Å². The van der Waals surface area contributed by atoms with Gasteiger partial charge in [0.15, 0.2) is 5.78 Å². The zero-order chi connectivity index (χ0) is 16.0. The third-order valence-electron chi connectivity index (χ3n) is 2.89. The van der Waals surface area contributed by atoms with Crippen LogP contribution in [0.4, 0.5) is 0 Å². The van der Waals surface area contributed by atoms with Crippen molar-refractivity contribution in [1.29, 1.82) is 0 Å². The standard InChI is InChI=1S/C20H18OSi/c1-22(2,3)16-8-7-9-17-12-14-19(15-13-17)20(21)18-10-5-4-6-11-18/h4-6,10-15H,1-3H3. The highest BCUT2D eigenvalue weighted by Gasteiger charge is 2.08. The fourth-order valence-corrected chi connectivity index (χ4v) is 2.22. The molecule has 108 valence electrons.